The molecule has 0 saturated heterocycles. The van der Waals surface area contributed by atoms with Crippen molar-refractivity contribution >= 4 is 17.4 Å². The van der Waals surface area contributed by atoms with E-state index in [4.69, 9.17) is 0 Å². The predicted molar refractivity (Wildman–Crippen MR) is 98.3 cm³/mol. The Morgan fingerprint density at radius 3 is 3.08 bits per heavy atom. The summed E-state index contributed by atoms with van der Waals surface area (Å²) >= 11 is 1.65. The van der Waals surface area contributed by atoms with E-state index in [0.29, 0.717) is 13.1 Å². The van der Waals surface area contributed by atoms with Gasteiger partial charge in [-0.2, -0.15) is 10.2 Å². The lowest BCUT2D eigenvalue weighted by Crippen LogP contribution is -2.37. The molecule has 0 atom stereocenters. The molecule has 0 aliphatic heterocycles. The molecule has 0 fully saturated rings. The summed E-state index contributed by atoms with van der Waals surface area (Å²) in [5, 5.41) is 16.5. The van der Waals surface area contributed by atoms with Crippen LogP contribution in [0.25, 0.3) is 10.6 Å². The van der Waals surface area contributed by atoms with Crippen LogP contribution in [0.4, 0.5) is 4.79 Å². The Bertz CT molecular complexity index is 807. The summed E-state index contributed by atoms with van der Waals surface area (Å²) in [5.41, 5.74) is 2.96. The topological polar surface area (TPSA) is 78.8 Å². The van der Waals surface area contributed by atoms with Gasteiger partial charge in [-0.05, 0) is 36.4 Å². The second-order valence-corrected chi connectivity index (χ2v) is 6.93. The Kier molecular flexibility index (Phi) is 5.49. The van der Waals surface area contributed by atoms with Crippen molar-refractivity contribution in [3.63, 3.8) is 0 Å². The largest absolute Gasteiger partial charge is 0.338 e. The average Bonchev–Trinajstić information content (AvgIpc) is 3.32. The van der Waals surface area contributed by atoms with Gasteiger partial charge in [0.05, 0.1) is 23.3 Å². The number of thiophene rings is 1. The van der Waals surface area contributed by atoms with Crippen LogP contribution in [0.15, 0.2) is 36.0 Å². The summed E-state index contributed by atoms with van der Waals surface area (Å²) < 4.78 is 1.89. The van der Waals surface area contributed by atoms with Crippen molar-refractivity contribution in [2.45, 2.75) is 26.4 Å². The number of aromatic amines is 1. The normalized spacial score (nSPS) is 10.8. The Morgan fingerprint density at radius 1 is 1.48 bits per heavy atom. The second-order valence-electron chi connectivity index (χ2n) is 5.98. The first-order chi connectivity index (χ1) is 12.1. The Labute approximate surface area is 150 Å². The van der Waals surface area contributed by atoms with Crippen molar-refractivity contribution in [1.29, 1.82) is 0 Å². The van der Waals surface area contributed by atoms with Crippen LogP contribution in [-0.4, -0.2) is 44.5 Å². The van der Waals surface area contributed by atoms with Gasteiger partial charge in [0.25, 0.3) is 0 Å². The molecule has 3 aromatic rings. The van der Waals surface area contributed by atoms with Crippen molar-refractivity contribution in [3.8, 4) is 10.6 Å². The van der Waals surface area contributed by atoms with Gasteiger partial charge in [-0.3, -0.25) is 9.78 Å². The summed E-state index contributed by atoms with van der Waals surface area (Å²) in [4.78, 5) is 14.9. The number of urea groups is 1. The molecule has 0 bridgehead atoms. The maximum atomic E-state index is 12.2. The van der Waals surface area contributed by atoms with E-state index in [2.05, 4.69) is 20.6 Å². The number of nitrogens with one attached hydrogen (secondary N) is 2. The van der Waals surface area contributed by atoms with Crippen LogP contribution >= 0.6 is 11.3 Å². The molecule has 2 amide bonds. The number of hydrogen-bond donors (Lipinski definition) is 2. The molecule has 0 saturated carbocycles. The van der Waals surface area contributed by atoms with E-state index in [0.717, 1.165) is 34.8 Å². The van der Waals surface area contributed by atoms with Gasteiger partial charge in [-0.1, -0.05) is 6.07 Å². The van der Waals surface area contributed by atoms with Crippen molar-refractivity contribution < 1.29 is 4.79 Å². The molecule has 25 heavy (non-hydrogen) atoms. The summed E-state index contributed by atoms with van der Waals surface area (Å²) in [6, 6.07) is 5.92. The molecule has 7 nitrogen and oxygen atoms in total. The molecule has 3 rings (SSSR count). The highest BCUT2D eigenvalue weighted by atomic mass is 32.1. The van der Waals surface area contributed by atoms with E-state index < -0.39 is 0 Å². The standard InChI is InChI=1S/C17H22N6OS/c1-13-10-19-23(11-13)7-4-6-18-17(24)22(2)12-14-9-15(21-20-14)16-5-3-8-25-16/h3,5,8-11H,4,6-7,12H2,1-2H3,(H,18,24)(H,20,21). The van der Waals surface area contributed by atoms with Crippen molar-refractivity contribution in [2.75, 3.05) is 13.6 Å². The maximum absolute atomic E-state index is 12.2. The van der Waals surface area contributed by atoms with Crippen molar-refractivity contribution in [2.24, 2.45) is 0 Å². The fourth-order valence-corrected chi connectivity index (χ4v) is 3.17. The van der Waals surface area contributed by atoms with Crippen LogP contribution in [0.3, 0.4) is 0 Å². The number of nitrogens with zero attached hydrogens (tertiary/aromatic N) is 4. The third-order valence-electron chi connectivity index (χ3n) is 3.76. The molecule has 0 spiro atoms. The molecule has 2 N–H and O–H groups in total. The van der Waals surface area contributed by atoms with E-state index in [1.165, 1.54) is 0 Å². The number of H-pyrrole nitrogens is 1. The molecule has 8 heteroatoms. The number of hydrogen-bond acceptors (Lipinski definition) is 4. The first-order valence-electron chi connectivity index (χ1n) is 8.18. The maximum Gasteiger partial charge on any atom is 0.317 e. The van der Waals surface area contributed by atoms with Gasteiger partial charge in [-0.25, -0.2) is 4.79 Å². The summed E-state index contributed by atoms with van der Waals surface area (Å²) in [7, 11) is 1.78. The summed E-state index contributed by atoms with van der Waals surface area (Å²) in [6.07, 6.45) is 4.67. The Balaban J connectivity index is 1.41. The highest BCUT2D eigenvalue weighted by Gasteiger charge is 2.11. The number of rotatable bonds is 7. The van der Waals surface area contributed by atoms with Gasteiger partial charge in [0, 0.05) is 26.3 Å². The number of amides is 2. The zero-order chi connectivity index (χ0) is 17.6. The smallest absolute Gasteiger partial charge is 0.317 e. The molecule has 132 valence electrons. The van der Waals surface area contributed by atoms with E-state index >= 15 is 0 Å². The van der Waals surface area contributed by atoms with E-state index in [-0.39, 0.29) is 6.03 Å². The lowest BCUT2D eigenvalue weighted by atomic mass is 10.3. The number of aromatic nitrogens is 4. The van der Waals surface area contributed by atoms with E-state index in [1.54, 1.807) is 23.3 Å². The molecular weight excluding hydrogens is 336 g/mol. The fraction of sp³-hybridized carbons (Fsp3) is 0.353. The second kappa shape index (κ2) is 7.98. The average molecular weight is 358 g/mol. The molecule has 0 radical (unpaired) electrons. The minimum Gasteiger partial charge on any atom is -0.338 e. The highest BCUT2D eigenvalue weighted by molar-refractivity contribution is 7.13. The first-order valence-corrected chi connectivity index (χ1v) is 9.06. The summed E-state index contributed by atoms with van der Waals surface area (Å²) in [5.74, 6) is 0. The van der Waals surface area contributed by atoms with Crippen LogP contribution in [-0.2, 0) is 13.1 Å². The zero-order valence-electron chi connectivity index (χ0n) is 14.4. The molecule has 3 aromatic heterocycles. The fourth-order valence-electron chi connectivity index (χ4n) is 2.48. The van der Waals surface area contributed by atoms with Gasteiger partial charge in [-0.15, -0.1) is 11.3 Å². The predicted octanol–water partition coefficient (Wildman–Crippen LogP) is 2.87. The molecule has 0 aromatic carbocycles. The van der Waals surface area contributed by atoms with Gasteiger partial charge < -0.3 is 10.2 Å². The van der Waals surface area contributed by atoms with Crippen LogP contribution in [0.2, 0.25) is 0 Å². The van der Waals surface area contributed by atoms with Gasteiger partial charge in [0.1, 0.15) is 5.69 Å². The minimum atomic E-state index is -0.0936. The Morgan fingerprint density at radius 2 is 2.36 bits per heavy atom. The molecule has 0 aliphatic carbocycles. The number of carbonyl (C=O) groups excluding carboxylic acids is 1. The lowest BCUT2D eigenvalue weighted by Gasteiger charge is -2.17. The summed E-state index contributed by atoms with van der Waals surface area (Å²) in [6.45, 7) is 3.91. The van der Waals surface area contributed by atoms with Crippen molar-refractivity contribution in [1.82, 2.24) is 30.2 Å². The van der Waals surface area contributed by atoms with Crippen LogP contribution in [0.5, 0.6) is 0 Å². The lowest BCUT2D eigenvalue weighted by molar-refractivity contribution is 0.206. The van der Waals surface area contributed by atoms with Crippen molar-refractivity contribution in [3.05, 3.63) is 47.2 Å². The first kappa shape index (κ1) is 17.2. The number of aryl methyl sites for hydroxylation is 2. The quantitative estimate of drug-likeness (QED) is 0.638. The molecule has 0 unspecified atom stereocenters. The monoisotopic (exact) mass is 358 g/mol. The highest BCUT2D eigenvalue weighted by Crippen LogP contribution is 2.23. The van der Waals surface area contributed by atoms with E-state index in [9.17, 15) is 4.79 Å². The van der Waals surface area contributed by atoms with Gasteiger partial charge in [0.15, 0.2) is 0 Å². The SMILES string of the molecule is Cc1cnn(CCCNC(=O)N(C)Cc2cc(-c3cccs3)n[nH]2)c1. The zero-order valence-corrected chi connectivity index (χ0v) is 15.2. The van der Waals surface area contributed by atoms with Gasteiger partial charge >= 0.3 is 6.03 Å². The van der Waals surface area contributed by atoms with E-state index in [1.807, 2.05) is 47.6 Å². The van der Waals surface area contributed by atoms with Crippen LogP contribution in [0, 0.1) is 6.92 Å². The number of carbonyl (C=O) groups is 1. The third kappa shape index (κ3) is 4.69. The molecule has 0 aliphatic rings. The van der Waals surface area contributed by atoms with Crippen LogP contribution < -0.4 is 5.32 Å². The molecule has 3 heterocycles. The Hall–Kier alpha value is -2.61. The van der Waals surface area contributed by atoms with Crippen LogP contribution in [0.1, 0.15) is 17.7 Å². The molecular formula is C17H22N6OS. The third-order valence-corrected chi connectivity index (χ3v) is 4.65. The minimum absolute atomic E-state index is 0.0936. The van der Waals surface area contributed by atoms with Gasteiger partial charge in [0.2, 0.25) is 0 Å².